The number of piperidine rings is 1. The molecule has 1 saturated heterocycles. The predicted octanol–water partition coefficient (Wildman–Crippen LogP) is 1.14. The lowest BCUT2D eigenvalue weighted by atomic mass is 9.94. The number of amides is 1. The van der Waals surface area contributed by atoms with Crippen molar-refractivity contribution < 1.29 is 9.90 Å². The summed E-state index contributed by atoms with van der Waals surface area (Å²) in [6.07, 6.45) is 8.11. The van der Waals surface area contributed by atoms with Gasteiger partial charge in [-0.1, -0.05) is 6.42 Å². The molecule has 4 nitrogen and oxygen atoms in total. The lowest BCUT2D eigenvalue weighted by molar-refractivity contribution is -0.137. The zero-order valence-corrected chi connectivity index (χ0v) is 11.7. The van der Waals surface area contributed by atoms with Gasteiger partial charge in [0.1, 0.15) is 0 Å². The van der Waals surface area contributed by atoms with Crippen LogP contribution in [0, 0.1) is 11.8 Å². The van der Waals surface area contributed by atoms with Crippen molar-refractivity contribution in [2.24, 2.45) is 11.8 Å². The largest absolute Gasteiger partial charge is 0.396 e. The summed E-state index contributed by atoms with van der Waals surface area (Å²) in [5, 5.41) is 12.9. The second-order valence-corrected chi connectivity index (χ2v) is 6.55. The number of hydrogen-bond donors (Lipinski definition) is 2. The molecule has 0 aromatic heterocycles. The predicted molar refractivity (Wildman–Crippen MR) is 73.7 cm³/mol. The van der Waals surface area contributed by atoms with Gasteiger partial charge in [0.15, 0.2) is 0 Å². The molecule has 3 atom stereocenters. The van der Waals surface area contributed by atoms with E-state index in [2.05, 4.69) is 10.2 Å². The Bertz CT molecular complexity index is 330. The van der Waals surface area contributed by atoms with Crippen LogP contribution in [0.25, 0.3) is 0 Å². The summed E-state index contributed by atoms with van der Waals surface area (Å²) in [5.41, 5.74) is 0. The van der Waals surface area contributed by atoms with E-state index in [0.717, 1.165) is 32.4 Å². The number of nitrogens with one attached hydrogen (secondary N) is 1. The van der Waals surface area contributed by atoms with Crippen molar-refractivity contribution in [2.45, 2.75) is 57.0 Å². The van der Waals surface area contributed by atoms with Gasteiger partial charge in [0.05, 0.1) is 6.04 Å². The number of rotatable bonds is 5. The molecule has 0 aromatic carbocycles. The molecule has 0 radical (unpaired) electrons. The molecule has 2 saturated carbocycles. The van der Waals surface area contributed by atoms with Crippen molar-refractivity contribution in [3.63, 3.8) is 0 Å². The van der Waals surface area contributed by atoms with Crippen molar-refractivity contribution in [3.8, 4) is 0 Å². The summed E-state index contributed by atoms with van der Waals surface area (Å²) in [6, 6.07) is 0.667. The van der Waals surface area contributed by atoms with Crippen LogP contribution in [0.5, 0.6) is 0 Å². The summed E-state index contributed by atoms with van der Waals surface area (Å²) in [7, 11) is 0. The molecule has 2 N–H and O–H groups in total. The van der Waals surface area contributed by atoms with Gasteiger partial charge in [-0.05, 0) is 50.4 Å². The minimum Gasteiger partial charge on any atom is -0.396 e. The maximum absolute atomic E-state index is 12.5. The monoisotopic (exact) mass is 266 g/mol. The summed E-state index contributed by atoms with van der Waals surface area (Å²) in [5.74, 6) is 1.25. The zero-order chi connectivity index (χ0) is 13.2. The van der Waals surface area contributed by atoms with Crippen LogP contribution in [0.3, 0.4) is 0 Å². The Labute approximate surface area is 115 Å². The van der Waals surface area contributed by atoms with E-state index in [1.165, 1.54) is 25.7 Å². The molecule has 4 heteroatoms. The highest BCUT2D eigenvalue weighted by Gasteiger charge is 2.36. The topological polar surface area (TPSA) is 52.6 Å². The van der Waals surface area contributed by atoms with Crippen LogP contribution in [-0.4, -0.2) is 47.7 Å². The number of carbonyl (C=O) groups excluding carboxylic acids is 1. The summed E-state index contributed by atoms with van der Waals surface area (Å²) in [6.45, 7) is 2.07. The Kier molecular flexibility index (Phi) is 4.08. The highest BCUT2D eigenvalue weighted by Crippen LogP contribution is 2.32. The smallest absolute Gasteiger partial charge is 0.239 e. The van der Waals surface area contributed by atoms with Gasteiger partial charge in [0.2, 0.25) is 5.91 Å². The highest BCUT2D eigenvalue weighted by atomic mass is 16.3. The van der Waals surface area contributed by atoms with E-state index in [-0.39, 0.29) is 12.6 Å². The Balaban J connectivity index is 1.55. The molecule has 0 aromatic rings. The third-order valence-electron chi connectivity index (χ3n) is 5.05. The number of carbonyl (C=O) groups is 1. The molecular weight excluding hydrogens is 240 g/mol. The fraction of sp³-hybridized carbons (Fsp3) is 0.933. The molecule has 3 aliphatic rings. The SMILES string of the molecule is O=C1C(NC2CC2)CCCN1CC1CCCC1CO. The van der Waals surface area contributed by atoms with E-state index >= 15 is 0 Å². The van der Waals surface area contributed by atoms with E-state index in [0.29, 0.717) is 23.8 Å². The van der Waals surface area contributed by atoms with Gasteiger partial charge in [-0.25, -0.2) is 0 Å². The van der Waals surface area contributed by atoms with Crippen LogP contribution in [0.1, 0.15) is 44.9 Å². The van der Waals surface area contributed by atoms with Gasteiger partial charge in [-0.3, -0.25) is 4.79 Å². The number of aliphatic hydroxyl groups excluding tert-OH is 1. The van der Waals surface area contributed by atoms with Crippen LogP contribution in [0.15, 0.2) is 0 Å². The number of hydrogen-bond acceptors (Lipinski definition) is 3. The van der Waals surface area contributed by atoms with Crippen LogP contribution in [-0.2, 0) is 4.79 Å². The molecule has 108 valence electrons. The van der Waals surface area contributed by atoms with Gasteiger partial charge in [0.25, 0.3) is 0 Å². The minimum atomic E-state index is 0.0650. The quantitative estimate of drug-likeness (QED) is 0.784. The van der Waals surface area contributed by atoms with Crippen LogP contribution < -0.4 is 5.32 Å². The lowest BCUT2D eigenvalue weighted by Crippen LogP contribution is -2.52. The highest BCUT2D eigenvalue weighted by molar-refractivity contribution is 5.82. The molecule has 3 fully saturated rings. The second kappa shape index (κ2) is 5.80. The van der Waals surface area contributed by atoms with Gasteiger partial charge < -0.3 is 15.3 Å². The van der Waals surface area contributed by atoms with E-state index < -0.39 is 0 Å². The Morgan fingerprint density at radius 1 is 1.11 bits per heavy atom. The van der Waals surface area contributed by atoms with Crippen molar-refractivity contribution in [2.75, 3.05) is 19.7 Å². The molecule has 2 aliphatic carbocycles. The van der Waals surface area contributed by atoms with Crippen LogP contribution in [0.2, 0.25) is 0 Å². The number of aliphatic hydroxyl groups is 1. The van der Waals surface area contributed by atoms with Gasteiger partial charge in [0, 0.05) is 25.7 Å². The van der Waals surface area contributed by atoms with Crippen LogP contribution in [0.4, 0.5) is 0 Å². The van der Waals surface area contributed by atoms with Crippen molar-refractivity contribution in [1.29, 1.82) is 0 Å². The molecule has 3 rings (SSSR count). The molecular formula is C15H26N2O2. The first-order chi connectivity index (χ1) is 9.28. The Morgan fingerprint density at radius 3 is 2.63 bits per heavy atom. The van der Waals surface area contributed by atoms with Gasteiger partial charge in [-0.2, -0.15) is 0 Å². The summed E-state index contributed by atoms with van der Waals surface area (Å²) in [4.78, 5) is 14.5. The second-order valence-electron chi connectivity index (χ2n) is 6.55. The Morgan fingerprint density at radius 2 is 1.89 bits per heavy atom. The number of likely N-dealkylation sites (tertiary alicyclic amines) is 1. The fourth-order valence-corrected chi connectivity index (χ4v) is 3.69. The molecule has 1 amide bonds. The van der Waals surface area contributed by atoms with Crippen molar-refractivity contribution in [1.82, 2.24) is 10.2 Å². The first-order valence-corrected chi connectivity index (χ1v) is 7.93. The average Bonchev–Trinajstić information content (AvgIpc) is 3.11. The standard InChI is InChI=1S/C15H26N2O2/c18-10-12-4-1-3-11(12)9-17-8-2-5-14(15(17)19)16-13-6-7-13/h11-14,16,18H,1-10H2. The van der Waals surface area contributed by atoms with E-state index in [9.17, 15) is 9.90 Å². The third-order valence-corrected chi connectivity index (χ3v) is 5.05. The molecule has 3 unspecified atom stereocenters. The van der Waals surface area contributed by atoms with Crippen LogP contribution >= 0.6 is 0 Å². The van der Waals surface area contributed by atoms with E-state index in [4.69, 9.17) is 0 Å². The van der Waals surface area contributed by atoms with Crippen molar-refractivity contribution >= 4 is 5.91 Å². The summed E-state index contributed by atoms with van der Waals surface area (Å²) < 4.78 is 0. The maximum Gasteiger partial charge on any atom is 0.239 e. The zero-order valence-electron chi connectivity index (χ0n) is 11.7. The summed E-state index contributed by atoms with van der Waals surface area (Å²) >= 11 is 0. The van der Waals surface area contributed by atoms with Gasteiger partial charge in [-0.15, -0.1) is 0 Å². The molecule has 0 bridgehead atoms. The molecule has 0 spiro atoms. The fourth-order valence-electron chi connectivity index (χ4n) is 3.69. The maximum atomic E-state index is 12.5. The lowest BCUT2D eigenvalue weighted by Gasteiger charge is -2.35. The van der Waals surface area contributed by atoms with Gasteiger partial charge >= 0.3 is 0 Å². The van der Waals surface area contributed by atoms with Crippen molar-refractivity contribution in [3.05, 3.63) is 0 Å². The molecule has 19 heavy (non-hydrogen) atoms. The van der Waals surface area contributed by atoms with E-state index in [1.807, 2.05) is 0 Å². The first kappa shape index (κ1) is 13.4. The molecule has 1 heterocycles. The minimum absolute atomic E-state index is 0.0650. The first-order valence-electron chi connectivity index (χ1n) is 7.93. The Hall–Kier alpha value is -0.610. The molecule has 1 aliphatic heterocycles. The van der Waals surface area contributed by atoms with E-state index in [1.54, 1.807) is 0 Å². The normalized spacial score (nSPS) is 35.9. The number of nitrogens with zero attached hydrogens (tertiary/aromatic N) is 1. The third kappa shape index (κ3) is 3.11. The average molecular weight is 266 g/mol.